The van der Waals surface area contributed by atoms with Crippen molar-refractivity contribution in [3.05, 3.63) is 28.4 Å². The van der Waals surface area contributed by atoms with E-state index in [0.29, 0.717) is 19.7 Å². The summed E-state index contributed by atoms with van der Waals surface area (Å²) in [7, 11) is 0. The maximum absolute atomic E-state index is 11.5. The molecule has 84 valence electrons. The van der Waals surface area contributed by atoms with Crippen LogP contribution < -0.4 is 11.3 Å². The van der Waals surface area contributed by atoms with Gasteiger partial charge in [0.05, 0.1) is 19.0 Å². The number of rotatable bonds is 5. The molecule has 0 saturated carbocycles. The van der Waals surface area contributed by atoms with Crippen molar-refractivity contribution in [3.63, 3.8) is 0 Å². The molecule has 0 aromatic carbocycles. The number of hydrogen-bond donors (Lipinski definition) is 1. The fourth-order valence-electron chi connectivity index (χ4n) is 1.30. The largest absolute Gasteiger partial charge is 0.375 e. The molecule has 0 aliphatic rings. The molecule has 15 heavy (non-hydrogen) atoms. The van der Waals surface area contributed by atoms with Crippen LogP contribution >= 0.6 is 0 Å². The minimum Gasteiger partial charge on any atom is -0.375 e. The average molecular weight is 211 g/mol. The van der Waals surface area contributed by atoms with Gasteiger partial charge in [0.15, 0.2) is 0 Å². The number of ether oxygens (including phenoxy) is 1. The van der Waals surface area contributed by atoms with E-state index >= 15 is 0 Å². The van der Waals surface area contributed by atoms with Crippen molar-refractivity contribution >= 4 is 0 Å². The first kappa shape index (κ1) is 11.9. The summed E-state index contributed by atoms with van der Waals surface area (Å²) < 4.78 is 6.88. The second-order valence-corrected chi connectivity index (χ2v) is 3.33. The van der Waals surface area contributed by atoms with Gasteiger partial charge in [0.2, 0.25) is 0 Å². The Morgan fingerprint density at radius 1 is 1.67 bits per heavy atom. The van der Waals surface area contributed by atoms with E-state index in [1.54, 1.807) is 6.92 Å². The minimum atomic E-state index is -0.128. The third-order valence-electron chi connectivity index (χ3n) is 2.08. The monoisotopic (exact) mass is 211 g/mol. The van der Waals surface area contributed by atoms with Gasteiger partial charge in [-0.1, -0.05) is 0 Å². The van der Waals surface area contributed by atoms with Crippen molar-refractivity contribution < 1.29 is 4.74 Å². The quantitative estimate of drug-likeness (QED) is 0.739. The van der Waals surface area contributed by atoms with Gasteiger partial charge in [-0.15, -0.1) is 0 Å². The Bertz CT molecular complexity index is 362. The molecule has 1 unspecified atom stereocenters. The van der Waals surface area contributed by atoms with Gasteiger partial charge < -0.3 is 10.5 Å². The van der Waals surface area contributed by atoms with E-state index in [4.69, 9.17) is 10.5 Å². The zero-order valence-corrected chi connectivity index (χ0v) is 9.14. The van der Waals surface area contributed by atoms with Crippen molar-refractivity contribution in [2.45, 2.75) is 26.5 Å². The number of nitrogens with two attached hydrogens (primary N) is 1. The molecule has 1 aromatic rings. The zero-order chi connectivity index (χ0) is 11.3. The summed E-state index contributed by atoms with van der Waals surface area (Å²) in [4.78, 5) is 15.6. The standard InChI is InChI=1S/C10H17N3O2/c1-3-15-9(5-11)6-13-7-12-8(2)4-10(13)14/h4,7,9H,3,5-6,11H2,1-2H3. The third kappa shape index (κ3) is 3.45. The van der Waals surface area contributed by atoms with E-state index in [0.717, 1.165) is 5.69 Å². The number of aromatic nitrogens is 2. The lowest BCUT2D eigenvalue weighted by Crippen LogP contribution is -2.33. The molecule has 0 saturated heterocycles. The fraction of sp³-hybridized carbons (Fsp3) is 0.600. The van der Waals surface area contributed by atoms with Crippen LogP contribution in [0.2, 0.25) is 0 Å². The summed E-state index contributed by atoms with van der Waals surface area (Å²) in [5.41, 5.74) is 6.18. The normalized spacial score (nSPS) is 12.7. The molecule has 0 amide bonds. The third-order valence-corrected chi connectivity index (χ3v) is 2.08. The molecule has 1 rings (SSSR count). The summed E-state index contributed by atoms with van der Waals surface area (Å²) >= 11 is 0. The zero-order valence-electron chi connectivity index (χ0n) is 9.14. The first-order chi connectivity index (χ1) is 7.17. The Labute approximate surface area is 88.9 Å². The maximum Gasteiger partial charge on any atom is 0.253 e. The second kappa shape index (κ2) is 5.63. The van der Waals surface area contributed by atoms with Crippen molar-refractivity contribution in [3.8, 4) is 0 Å². The topological polar surface area (TPSA) is 70.1 Å². The van der Waals surface area contributed by atoms with Gasteiger partial charge in [-0.2, -0.15) is 0 Å². The lowest BCUT2D eigenvalue weighted by molar-refractivity contribution is 0.0558. The van der Waals surface area contributed by atoms with Crippen molar-refractivity contribution in [2.75, 3.05) is 13.2 Å². The van der Waals surface area contributed by atoms with Crippen LogP contribution in [-0.4, -0.2) is 28.8 Å². The van der Waals surface area contributed by atoms with Gasteiger partial charge in [0.1, 0.15) is 0 Å². The molecule has 0 aliphatic carbocycles. The van der Waals surface area contributed by atoms with E-state index in [1.807, 2.05) is 6.92 Å². The van der Waals surface area contributed by atoms with E-state index in [2.05, 4.69) is 4.98 Å². The molecule has 0 aliphatic heterocycles. The van der Waals surface area contributed by atoms with Crippen LogP contribution in [0.25, 0.3) is 0 Å². The molecule has 0 bridgehead atoms. The van der Waals surface area contributed by atoms with Gasteiger partial charge in [-0.05, 0) is 13.8 Å². The maximum atomic E-state index is 11.5. The van der Waals surface area contributed by atoms with Crippen LogP contribution in [0.3, 0.4) is 0 Å². The van der Waals surface area contributed by atoms with Crippen molar-refractivity contribution in [1.29, 1.82) is 0 Å². The van der Waals surface area contributed by atoms with Crippen molar-refractivity contribution in [2.24, 2.45) is 5.73 Å². The Balaban J connectivity index is 2.75. The van der Waals surface area contributed by atoms with Crippen LogP contribution in [0.5, 0.6) is 0 Å². The molecule has 5 heteroatoms. The Morgan fingerprint density at radius 2 is 2.40 bits per heavy atom. The lowest BCUT2D eigenvalue weighted by Gasteiger charge is -2.15. The number of nitrogens with zero attached hydrogens (tertiary/aromatic N) is 2. The molecule has 2 N–H and O–H groups in total. The Hall–Kier alpha value is -1.20. The molecule has 5 nitrogen and oxygen atoms in total. The highest BCUT2D eigenvalue weighted by Crippen LogP contribution is 1.94. The van der Waals surface area contributed by atoms with Gasteiger partial charge >= 0.3 is 0 Å². The van der Waals surface area contributed by atoms with Crippen LogP contribution in [0.1, 0.15) is 12.6 Å². The highest BCUT2D eigenvalue weighted by molar-refractivity contribution is 4.96. The van der Waals surface area contributed by atoms with Crippen molar-refractivity contribution in [1.82, 2.24) is 9.55 Å². The van der Waals surface area contributed by atoms with Gasteiger partial charge in [-0.3, -0.25) is 9.36 Å². The van der Waals surface area contributed by atoms with E-state index in [1.165, 1.54) is 17.0 Å². The SMILES string of the molecule is CCOC(CN)Cn1cnc(C)cc1=O. The molecule has 1 aromatic heterocycles. The van der Waals surface area contributed by atoms with E-state index < -0.39 is 0 Å². The van der Waals surface area contributed by atoms with Gasteiger partial charge in [0.25, 0.3) is 5.56 Å². The van der Waals surface area contributed by atoms with Gasteiger partial charge in [0, 0.05) is 24.9 Å². The molecule has 1 heterocycles. The van der Waals surface area contributed by atoms with Crippen LogP contribution in [-0.2, 0) is 11.3 Å². The minimum absolute atomic E-state index is 0.0688. The van der Waals surface area contributed by atoms with E-state index in [-0.39, 0.29) is 11.7 Å². The number of hydrogen-bond acceptors (Lipinski definition) is 4. The highest BCUT2D eigenvalue weighted by atomic mass is 16.5. The summed E-state index contributed by atoms with van der Waals surface area (Å²) in [6.07, 6.45) is 1.40. The highest BCUT2D eigenvalue weighted by Gasteiger charge is 2.07. The predicted molar refractivity (Wildman–Crippen MR) is 57.7 cm³/mol. The first-order valence-corrected chi connectivity index (χ1v) is 5.02. The summed E-state index contributed by atoms with van der Waals surface area (Å²) in [5, 5.41) is 0. The fourth-order valence-corrected chi connectivity index (χ4v) is 1.30. The van der Waals surface area contributed by atoms with Crippen LogP contribution in [0.15, 0.2) is 17.2 Å². The summed E-state index contributed by atoms with van der Waals surface area (Å²) in [6, 6.07) is 1.50. The molecular weight excluding hydrogens is 194 g/mol. The lowest BCUT2D eigenvalue weighted by atomic mass is 10.3. The Morgan fingerprint density at radius 3 is 2.93 bits per heavy atom. The summed E-state index contributed by atoms with van der Waals surface area (Å²) in [5.74, 6) is 0. The predicted octanol–water partition coefficient (Wildman–Crippen LogP) is -0.0845. The second-order valence-electron chi connectivity index (χ2n) is 3.33. The molecule has 0 fully saturated rings. The van der Waals surface area contributed by atoms with Crippen LogP contribution in [0.4, 0.5) is 0 Å². The molecule has 1 atom stereocenters. The number of aryl methyl sites for hydroxylation is 1. The molecule has 0 radical (unpaired) electrons. The average Bonchev–Trinajstić information content (AvgIpc) is 2.21. The van der Waals surface area contributed by atoms with E-state index in [9.17, 15) is 4.79 Å². The molecule has 0 spiro atoms. The first-order valence-electron chi connectivity index (χ1n) is 5.02. The van der Waals surface area contributed by atoms with Gasteiger partial charge in [-0.25, -0.2) is 4.98 Å². The Kier molecular flexibility index (Phi) is 4.45. The molecular formula is C10H17N3O2. The summed E-state index contributed by atoms with van der Waals surface area (Å²) in [6.45, 7) is 5.13. The smallest absolute Gasteiger partial charge is 0.253 e. The van der Waals surface area contributed by atoms with Crippen LogP contribution in [0, 0.1) is 6.92 Å².